The van der Waals surface area contributed by atoms with Crippen LogP contribution in [0.25, 0.3) is 0 Å². The van der Waals surface area contributed by atoms with E-state index in [1.54, 1.807) is 13.0 Å². The number of halogens is 3. The second-order valence-corrected chi connectivity index (χ2v) is 6.03. The summed E-state index contributed by atoms with van der Waals surface area (Å²) in [5.74, 6) is -1.36. The van der Waals surface area contributed by atoms with Gasteiger partial charge in [0.25, 0.3) is 0 Å². The first-order valence-corrected chi connectivity index (χ1v) is 7.80. The number of hydrogen-bond acceptors (Lipinski definition) is 1. The Labute approximate surface area is 136 Å². The van der Waals surface area contributed by atoms with Crippen LogP contribution in [0, 0.1) is 5.92 Å². The number of hydrogen-bond donors (Lipinski definition) is 0. The number of carbonyl (C=O) groups excluding carboxylic acids is 1. The highest BCUT2D eigenvalue weighted by atomic mass is 19.4. The summed E-state index contributed by atoms with van der Waals surface area (Å²) >= 11 is 0. The molecular formula is C18H24F3NO. The average molecular weight is 327 g/mol. The second-order valence-electron chi connectivity index (χ2n) is 6.03. The molecule has 0 bridgehead atoms. The zero-order chi connectivity index (χ0) is 17.5. The number of amides is 1. The van der Waals surface area contributed by atoms with E-state index in [1.165, 1.54) is 0 Å². The summed E-state index contributed by atoms with van der Waals surface area (Å²) in [7, 11) is 0. The number of benzene rings is 1. The van der Waals surface area contributed by atoms with Gasteiger partial charge in [-0.3, -0.25) is 4.79 Å². The number of alkyl halides is 3. The molecule has 0 heterocycles. The Hall–Kier alpha value is -1.78. The van der Waals surface area contributed by atoms with Crippen molar-refractivity contribution in [3.8, 4) is 0 Å². The number of nitrogens with zero attached hydrogens (tertiary/aromatic N) is 1. The van der Waals surface area contributed by atoms with E-state index in [1.807, 2.05) is 50.3 Å². The second kappa shape index (κ2) is 8.75. The molecule has 5 heteroatoms. The molecule has 1 aromatic rings. The molecule has 23 heavy (non-hydrogen) atoms. The van der Waals surface area contributed by atoms with Gasteiger partial charge in [-0.1, -0.05) is 56.3 Å². The average Bonchev–Trinajstić information content (AvgIpc) is 2.47. The fourth-order valence-corrected chi connectivity index (χ4v) is 2.20. The monoisotopic (exact) mass is 327 g/mol. The van der Waals surface area contributed by atoms with E-state index in [-0.39, 0.29) is 6.54 Å². The smallest absolute Gasteiger partial charge is 0.328 e. The van der Waals surface area contributed by atoms with Gasteiger partial charge < -0.3 is 4.90 Å². The van der Waals surface area contributed by atoms with Gasteiger partial charge in [0.2, 0.25) is 0 Å². The molecule has 0 spiro atoms. The Kier molecular flexibility index (Phi) is 7.33. The molecule has 0 saturated carbocycles. The molecule has 1 atom stereocenters. The standard InChI is InChI=1S/C18H24F3NO/c1-14(2)8-7-9-15(3)22(17(23)18(19,20)21)13-12-16-10-5-4-6-11-16/h4-7,9-11,14-15H,8,12-13H2,1-3H3/b9-7+/t15-/m0/s1. The van der Waals surface area contributed by atoms with Crippen LogP contribution in [0.2, 0.25) is 0 Å². The maximum atomic E-state index is 12.8. The summed E-state index contributed by atoms with van der Waals surface area (Å²) in [4.78, 5) is 12.6. The lowest BCUT2D eigenvalue weighted by atomic mass is 10.1. The Balaban J connectivity index is 2.80. The Morgan fingerprint density at radius 2 is 1.78 bits per heavy atom. The lowest BCUT2D eigenvalue weighted by molar-refractivity contribution is -0.186. The van der Waals surface area contributed by atoms with Crippen LogP contribution in [0.4, 0.5) is 13.2 Å². The van der Waals surface area contributed by atoms with Gasteiger partial charge in [-0.15, -0.1) is 0 Å². The van der Waals surface area contributed by atoms with Crippen LogP contribution >= 0.6 is 0 Å². The largest absolute Gasteiger partial charge is 0.471 e. The Morgan fingerprint density at radius 3 is 2.30 bits per heavy atom. The summed E-state index contributed by atoms with van der Waals surface area (Å²) in [6.07, 6.45) is -0.165. The number of allylic oxidation sites excluding steroid dienone is 1. The molecule has 1 aromatic carbocycles. The summed E-state index contributed by atoms with van der Waals surface area (Å²) in [5.41, 5.74) is 0.908. The van der Waals surface area contributed by atoms with Crippen LogP contribution in [0.3, 0.4) is 0 Å². The molecule has 0 fully saturated rings. The molecule has 0 N–H and O–H groups in total. The highest BCUT2D eigenvalue weighted by molar-refractivity contribution is 5.82. The van der Waals surface area contributed by atoms with Crippen LogP contribution in [0.5, 0.6) is 0 Å². The van der Waals surface area contributed by atoms with Crippen molar-refractivity contribution in [1.29, 1.82) is 0 Å². The van der Waals surface area contributed by atoms with Crippen LogP contribution in [0.15, 0.2) is 42.5 Å². The van der Waals surface area contributed by atoms with Crippen LogP contribution in [0.1, 0.15) is 32.8 Å². The minimum atomic E-state index is -4.85. The van der Waals surface area contributed by atoms with Gasteiger partial charge in [-0.25, -0.2) is 0 Å². The summed E-state index contributed by atoms with van der Waals surface area (Å²) in [6, 6.07) is 8.60. The van der Waals surface area contributed by atoms with Crippen LogP contribution in [-0.2, 0) is 11.2 Å². The predicted molar refractivity (Wildman–Crippen MR) is 86.0 cm³/mol. The van der Waals surface area contributed by atoms with Crippen molar-refractivity contribution in [2.45, 2.75) is 45.8 Å². The van der Waals surface area contributed by atoms with E-state index in [9.17, 15) is 18.0 Å². The van der Waals surface area contributed by atoms with E-state index >= 15 is 0 Å². The lowest BCUT2D eigenvalue weighted by Crippen LogP contribution is -2.46. The van der Waals surface area contributed by atoms with Crippen LogP contribution < -0.4 is 0 Å². The van der Waals surface area contributed by atoms with Gasteiger partial charge >= 0.3 is 12.1 Å². The van der Waals surface area contributed by atoms with Crippen molar-refractivity contribution in [3.63, 3.8) is 0 Å². The molecule has 0 unspecified atom stereocenters. The third kappa shape index (κ3) is 6.89. The first kappa shape index (κ1) is 19.3. The molecule has 1 rings (SSSR count). The number of rotatable bonds is 7. The van der Waals surface area contributed by atoms with Gasteiger partial charge in [0.15, 0.2) is 0 Å². The van der Waals surface area contributed by atoms with Crippen molar-refractivity contribution in [2.24, 2.45) is 5.92 Å². The molecule has 0 aliphatic heterocycles. The zero-order valence-electron chi connectivity index (χ0n) is 13.8. The lowest BCUT2D eigenvalue weighted by Gasteiger charge is -2.28. The Morgan fingerprint density at radius 1 is 1.17 bits per heavy atom. The SMILES string of the molecule is CC(C)C/C=C/[C@H](C)N(CCc1ccccc1)C(=O)C(F)(F)F. The Bertz CT molecular complexity index is 509. The molecule has 0 aromatic heterocycles. The molecular weight excluding hydrogens is 303 g/mol. The van der Waals surface area contributed by atoms with Gasteiger partial charge in [0.05, 0.1) is 0 Å². The normalized spacial score (nSPS) is 13.5. The predicted octanol–water partition coefficient (Wildman–Crippen LogP) is 4.61. The highest BCUT2D eigenvalue weighted by Gasteiger charge is 2.43. The van der Waals surface area contributed by atoms with E-state index in [0.29, 0.717) is 12.3 Å². The third-order valence-corrected chi connectivity index (χ3v) is 3.50. The first-order chi connectivity index (χ1) is 10.7. The molecule has 2 nitrogen and oxygen atoms in total. The summed E-state index contributed by atoms with van der Waals surface area (Å²) in [6.45, 7) is 5.72. The third-order valence-electron chi connectivity index (χ3n) is 3.50. The van der Waals surface area contributed by atoms with Gasteiger partial charge in [-0.2, -0.15) is 13.2 Å². The maximum Gasteiger partial charge on any atom is 0.471 e. The van der Waals surface area contributed by atoms with Gasteiger partial charge in [0.1, 0.15) is 0 Å². The summed E-state index contributed by atoms with van der Waals surface area (Å²) in [5, 5.41) is 0. The molecule has 0 aliphatic rings. The van der Waals surface area contributed by atoms with E-state index < -0.39 is 18.1 Å². The molecule has 0 saturated heterocycles. The van der Waals surface area contributed by atoms with E-state index in [2.05, 4.69) is 0 Å². The van der Waals surface area contributed by atoms with Gasteiger partial charge in [-0.05, 0) is 31.2 Å². The highest BCUT2D eigenvalue weighted by Crippen LogP contribution is 2.21. The molecule has 1 amide bonds. The quantitative estimate of drug-likeness (QED) is 0.670. The fraction of sp³-hybridized carbons (Fsp3) is 0.500. The van der Waals surface area contributed by atoms with Crippen LogP contribution in [-0.4, -0.2) is 29.6 Å². The summed E-state index contributed by atoms with van der Waals surface area (Å²) < 4.78 is 38.5. The maximum absolute atomic E-state index is 12.8. The zero-order valence-corrected chi connectivity index (χ0v) is 13.8. The number of carbonyl (C=O) groups is 1. The van der Waals surface area contributed by atoms with E-state index in [4.69, 9.17) is 0 Å². The van der Waals surface area contributed by atoms with Crippen molar-refractivity contribution in [2.75, 3.05) is 6.54 Å². The van der Waals surface area contributed by atoms with Gasteiger partial charge in [0, 0.05) is 12.6 Å². The molecule has 128 valence electrons. The van der Waals surface area contributed by atoms with Crippen molar-refractivity contribution in [3.05, 3.63) is 48.0 Å². The van der Waals surface area contributed by atoms with Crippen molar-refractivity contribution in [1.82, 2.24) is 4.90 Å². The first-order valence-electron chi connectivity index (χ1n) is 7.80. The molecule has 0 radical (unpaired) electrons. The topological polar surface area (TPSA) is 20.3 Å². The minimum Gasteiger partial charge on any atom is -0.328 e. The fourth-order valence-electron chi connectivity index (χ4n) is 2.20. The van der Waals surface area contributed by atoms with Crippen molar-refractivity contribution >= 4 is 5.91 Å². The minimum absolute atomic E-state index is 0.0372. The van der Waals surface area contributed by atoms with E-state index in [0.717, 1.165) is 16.9 Å². The molecule has 0 aliphatic carbocycles. The van der Waals surface area contributed by atoms with Crippen molar-refractivity contribution < 1.29 is 18.0 Å².